The Morgan fingerprint density at radius 2 is 1.88 bits per heavy atom. The van der Waals surface area contributed by atoms with Gasteiger partial charge in [-0.25, -0.2) is 20.7 Å². The lowest BCUT2D eigenvalue weighted by Gasteiger charge is -2.21. The minimum absolute atomic E-state index is 0.334. The molecule has 0 aliphatic rings. The summed E-state index contributed by atoms with van der Waals surface area (Å²) in [7, 11) is 4.89. The molecule has 8 heteroatoms. The highest BCUT2D eigenvalue weighted by atomic mass is 16.5. The van der Waals surface area contributed by atoms with Gasteiger partial charge in [-0.2, -0.15) is 0 Å². The molecule has 5 N–H and O–H groups in total. The van der Waals surface area contributed by atoms with Crippen LogP contribution in [0.2, 0.25) is 0 Å². The van der Waals surface area contributed by atoms with Crippen LogP contribution in [0.1, 0.15) is 5.56 Å². The van der Waals surface area contributed by atoms with Crippen LogP contribution in [0, 0.1) is 0 Å². The van der Waals surface area contributed by atoms with Crippen LogP contribution < -0.4 is 31.8 Å². The lowest BCUT2D eigenvalue weighted by atomic mass is 10.2. The van der Waals surface area contributed by atoms with Crippen molar-refractivity contribution in [2.24, 2.45) is 0 Å². The van der Waals surface area contributed by atoms with E-state index in [1.165, 1.54) is 5.01 Å². The maximum Gasteiger partial charge on any atom is 0.350 e. The van der Waals surface area contributed by atoms with E-state index >= 15 is 0 Å². The van der Waals surface area contributed by atoms with Gasteiger partial charge in [0, 0.05) is 32.5 Å². The molecule has 0 saturated carbocycles. The predicted molar refractivity (Wildman–Crippen MR) is 97.2 cm³/mol. The minimum atomic E-state index is -0.334. The zero-order chi connectivity index (χ0) is 18.2. The van der Waals surface area contributed by atoms with Crippen molar-refractivity contribution in [3.8, 4) is 11.5 Å². The first kappa shape index (κ1) is 18.5. The Kier molecular flexibility index (Phi) is 6.58. The normalized spacial score (nSPS) is 10.4. The molecule has 2 aromatic carbocycles. The van der Waals surface area contributed by atoms with Crippen molar-refractivity contribution < 1.29 is 14.3 Å². The summed E-state index contributed by atoms with van der Waals surface area (Å²) in [4.78, 5) is 11.9. The highest BCUT2D eigenvalue weighted by Gasteiger charge is 2.13. The second-order valence-corrected chi connectivity index (χ2v) is 5.14. The second kappa shape index (κ2) is 8.88. The van der Waals surface area contributed by atoms with E-state index in [0.29, 0.717) is 29.5 Å². The molecule has 0 saturated heterocycles. The first-order valence-electron chi connectivity index (χ1n) is 7.68. The number of ether oxygens (including phenoxy) is 2. The summed E-state index contributed by atoms with van der Waals surface area (Å²) in [5, 5.41) is 1.36. The average Bonchev–Trinajstić information content (AvgIpc) is 2.60. The molecule has 0 spiro atoms. The summed E-state index contributed by atoms with van der Waals surface area (Å²) in [5.74, 6) is 1.30. The third-order valence-corrected chi connectivity index (χ3v) is 3.37. The van der Waals surface area contributed by atoms with Gasteiger partial charge in [0.2, 0.25) is 0 Å². The molecule has 0 aromatic heterocycles. The third-order valence-electron chi connectivity index (χ3n) is 3.37. The van der Waals surface area contributed by atoms with E-state index in [1.807, 2.05) is 6.07 Å². The fourth-order valence-corrected chi connectivity index (χ4v) is 2.27. The summed E-state index contributed by atoms with van der Waals surface area (Å²) in [6, 6.07) is 12.2. The highest BCUT2D eigenvalue weighted by molar-refractivity contribution is 5.90. The van der Waals surface area contributed by atoms with Crippen LogP contribution >= 0.6 is 0 Å². The fraction of sp³-hybridized carbons (Fsp3) is 0.235. The number of methoxy groups -OCH3 is 1. The zero-order valence-corrected chi connectivity index (χ0v) is 14.5. The fourth-order valence-electron chi connectivity index (χ4n) is 2.27. The van der Waals surface area contributed by atoms with E-state index in [4.69, 9.17) is 15.2 Å². The molecule has 134 valence electrons. The molecule has 0 radical (unpaired) electrons. The lowest BCUT2D eigenvalue weighted by Crippen LogP contribution is -2.50. The summed E-state index contributed by atoms with van der Waals surface area (Å²) < 4.78 is 11.1. The number of hydrogen-bond donors (Lipinski definition) is 4. The number of nitrogens with one attached hydrogen (secondary N) is 3. The number of nitrogens with two attached hydrogens (primary N) is 1. The van der Waals surface area contributed by atoms with Gasteiger partial charge in [-0.05, 0) is 42.5 Å². The first-order valence-corrected chi connectivity index (χ1v) is 7.68. The van der Waals surface area contributed by atoms with Crippen LogP contribution in [0.5, 0.6) is 11.5 Å². The molecule has 0 heterocycles. The summed E-state index contributed by atoms with van der Waals surface area (Å²) >= 11 is 0. The Hall–Kier alpha value is -2.81. The number of carbonyl (C=O) groups excluding carboxylic acids is 1. The number of urea groups is 1. The monoisotopic (exact) mass is 345 g/mol. The van der Waals surface area contributed by atoms with Crippen LogP contribution in [0.25, 0.3) is 0 Å². The zero-order valence-electron chi connectivity index (χ0n) is 14.5. The van der Waals surface area contributed by atoms with E-state index < -0.39 is 0 Å². The van der Waals surface area contributed by atoms with E-state index in [2.05, 4.69) is 16.3 Å². The molecule has 0 aliphatic heterocycles. The highest BCUT2D eigenvalue weighted by Crippen LogP contribution is 2.29. The number of nitrogens with zero attached hydrogens (tertiary/aromatic N) is 1. The molecule has 2 rings (SSSR count). The summed E-state index contributed by atoms with van der Waals surface area (Å²) in [6.45, 7) is 0.399. The Morgan fingerprint density at radius 3 is 2.48 bits per heavy atom. The Bertz CT molecular complexity index is 706. The van der Waals surface area contributed by atoms with Crippen LogP contribution in [0.4, 0.5) is 16.2 Å². The number of amides is 2. The maximum absolute atomic E-state index is 11.9. The molecule has 2 aromatic rings. The topological polar surface area (TPSA) is 101 Å². The van der Waals surface area contributed by atoms with Crippen molar-refractivity contribution >= 4 is 17.4 Å². The molecule has 0 aliphatic carbocycles. The molecule has 25 heavy (non-hydrogen) atoms. The van der Waals surface area contributed by atoms with Crippen LogP contribution in [0.3, 0.4) is 0 Å². The predicted octanol–water partition coefficient (Wildman–Crippen LogP) is 1.99. The minimum Gasteiger partial charge on any atom is -0.457 e. The van der Waals surface area contributed by atoms with Crippen molar-refractivity contribution in [3.63, 3.8) is 0 Å². The van der Waals surface area contributed by atoms with Gasteiger partial charge in [-0.1, -0.05) is 0 Å². The average molecular weight is 345 g/mol. The number of benzene rings is 2. The number of anilines is 2. The van der Waals surface area contributed by atoms with Gasteiger partial charge in [0.15, 0.2) is 0 Å². The summed E-state index contributed by atoms with van der Waals surface area (Å²) in [6.07, 6.45) is 0. The lowest BCUT2D eigenvalue weighted by molar-refractivity contribution is 0.182. The van der Waals surface area contributed by atoms with E-state index in [9.17, 15) is 4.79 Å². The number of hydrazine groups is 2. The van der Waals surface area contributed by atoms with E-state index in [-0.39, 0.29) is 6.03 Å². The van der Waals surface area contributed by atoms with Gasteiger partial charge in [0.1, 0.15) is 11.5 Å². The molecule has 0 bridgehead atoms. The Balaban J connectivity index is 2.16. The van der Waals surface area contributed by atoms with Gasteiger partial charge in [-0.15, -0.1) is 0 Å². The largest absolute Gasteiger partial charge is 0.457 e. The van der Waals surface area contributed by atoms with Crippen LogP contribution in [-0.4, -0.2) is 27.2 Å². The van der Waals surface area contributed by atoms with Gasteiger partial charge in [-0.3, -0.25) is 5.43 Å². The SMILES string of the molecule is CNNC(=O)N(NC)c1ccc(Oc2ccc(N)cc2COC)cc1. The molecule has 8 nitrogen and oxygen atoms in total. The molecule has 0 fully saturated rings. The standard InChI is InChI=1S/C17H23N5O3/c1-19-21-17(23)22(20-2)14-5-7-15(8-6-14)25-16-9-4-13(18)10-12(16)11-24-3/h4-10,19-20H,11,18H2,1-3H3,(H,21,23). The van der Waals surface area contributed by atoms with Crippen molar-refractivity contribution in [1.29, 1.82) is 0 Å². The van der Waals surface area contributed by atoms with E-state index in [1.54, 1.807) is 57.6 Å². The first-order chi connectivity index (χ1) is 12.1. The quantitative estimate of drug-likeness (QED) is 0.452. The number of rotatable bonds is 7. The maximum atomic E-state index is 11.9. The molecular weight excluding hydrogens is 322 g/mol. The van der Waals surface area contributed by atoms with Crippen molar-refractivity contribution in [2.45, 2.75) is 6.61 Å². The molecule has 0 unspecified atom stereocenters. The Labute approximate surface area is 146 Å². The molecular formula is C17H23N5O3. The van der Waals surface area contributed by atoms with Crippen molar-refractivity contribution in [1.82, 2.24) is 16.3 Å². The van der Waals surface area contributed by atoms with Gasteiger partial charge in [0.05, 0.1) is 12.3 Å². The van der Waals surface area contributed by atoms with Crippen LogP contribution in [-0.2, 0) is 11.3 Å². The van der Waals surface area contributed by atoms with E-state index in [0.717, 1.165) is 5.56 Å². The Morgan fingerprint density at radius 1 is 1.16 bits per heavy atom. The van der Waals surface area contributed by atoms with Crippen LogP contribution in [0.15, 0.2) is 42.5 Å². The van der Waals surface area contributed by atoms with Crippen molar-refractivity contribution in [3.05, 3.63) is 48.0 Å². The number of hydrogen-bond acceptors (Lipinski definition) is 6. The van der Waals surface area contributed by atoms with Gasteiger partial charge in [0.25, 0.3) is 0 Å². The van der Waals surface area contributed by atoms with Crippen molar-refractivity contribution in [2.75, 3.05) is 31.9 Å². The molecule has 0 atom stereocenters. The third kappa shape index (κ3) is 4.83. The number of carbonyl (C=O) groups is 1. The van der Waals surface area contributed by atoms with Gasteiger partial charge < -0.3 is 15.2 Å². The second-order valence-electron chi connectivity index (χ2n) is 5.14. The molecule has 2 amide bonds. The van der Waals surface area contributed by atoms with Gasteiger partial charge >= 0.3 is 6.03 Å². The number of nitrogen functional groups attached to an aromatic ring is 1. The smallest absolute Gasteiger partial charge is 0.350 e. The summed E-state index contributed by atoms with van der Waals surface area (Å²) in [5.41, 5.74) is 15.9.